The molecule has 1 spiro atoms. The Morgan fingerprint density at radius 3 is 1.46 bits per heavy atom. The second-order valence-electron chi connectivity index (χ2n) is 16.8. The maximum atomic E-state index is 2.43. The summed E-state index contributed by atoms with van der Waals surface area (Å²) in [6, 6.07) is 79.0. The predicted octanol–water partition coefficient (Wildman–Crippen LogP) is 15.1. The van der Waals surface area contributed by atoms with Crippen LogP contribution in [0.2, 0.25) is 0 Å². The topological polar surface area (TPSA) is 3.24 Å². The van der Waals surface area contributed by atoms with Gasteiger partial charge in [0.1, 0.15) is 0 Å². The van der Waals surface area contributed by atoms with Crippen LogP contribution < -0.4 is 4.90 Å². The van der Waals surface area contributed by atoms with E-state index >= 15 is 0 Å². The van der Waals surface area contributed by atoms with Crippen molar-refractivity contribution >= 4 is 17.1 Å². The molecule has 12 rings (SSSR count). The molecule has 59 heavy (non-hydrogen) atoms. The van der Waals surface area contributed by atoms with Crippen molar-refractivity contribution in [1.29, 1.82) is 0 Å². The van der Waals surface area contributed by atoms with Gasteiger partial charge >= 0.3 is 0 Å². The highest BCUT2D eigenvalue weighted by atomic mass is 15.1. The lowest BCUT2D eigenvalue weighted by Gasteiger charge is -2.30. The van der Waals surface area contributed by atoms with Crippen molar-refractivity contribution in [2.24, 2.45) is 0 Å². The summed E-state index contributed by atoms with van der Waals surface area (Å²) in [7, 11) is 0. The van der Waals surface area contributed by atoms with Gasteiger partial charge in [-0.05, 0) is 125 Å². The lowest BCUT2D eigenvalue weighted by atomic mass is 9.70. The van der Waals surface area contributed by atoms with Gasteiger partial charge in [-0.15, -0.1) is 0 Å². The van der Waals surface area contributed by atoms with Gasteiger partial charge in [-0.1, -0.05) is 190 Å². The number of hydrogen-bond donors (Lipinski definition) is 0. The summed E-state index contributed by atoms with van der Waals surface area (Å²) in [4.78, 5) is 2.43. The Hall–Kier alpha value is -7.22. The number of fused-ring (bicyclic) bond motifs is 13. The smallest absolute Gasteiger partial charge is 0.0725 e. The molecule has 0 bridgehead atoms. The summed E-state index contributed by atoms with van der Waals surface area (Å²) in [6.45, 7) is 4.72. The number of benzene rings is 9. The van der Waals surface area contributed by atoms with E-state index in [0.29, 0.717) is 0 Å². The third-order valence-electron chi connectivity index (χ3n) is 13.5. The molecule has 0 radical (unpaired) electrons. The second kappa shape index (κ2) is 12.6. The number of rotatable bonds is 5. The molecular weight excluding hydrogens is 711 g/mol. The molecule has 0 aliphatic heterocycles. The standard InChI is InChI=1S/C58H41N/c1-57(2)50-25-10-6-20-45(50)48-35-34-43(37-55(48)57)59(42-19-14-18-40(36-42)38-16-4-3-5-17-38)41-32-30-39(31-33-41)44-24-15-29-54-56(44)49-23-9-13-28-53(49)58(54)51-26-11-7-21-46(51)47-22-8-12-27-52(47)58/h3-37H,1-2H3. The van der Waals surface area contributed by atoms with E-state index in [1.165, 1.54) is 89.0 Å². The molecule has 278 valence electrons. The lowest BCUT2D eigenvalue weighted by Crippen LogP contribution is -2.25. The van der Waals surface area contributed by atoms with Gasteiger partial charge in [0.2, 0.25) is 0 Å². The summed E-state index contributed by atoms with van der Waals surface area (Å²) in [5.74, 6) is 0. The van der Waals surface area contributed by atoms with Gasteiger partial charge in [0.25, 0.3) is 0 Å². The molecule has 0 heterocycles. The van der Waals surface area contributed by atoms with Crippen molar-refractivity contribution in [1.82, 2.24) is 0 Å². The van der Waals surface area contributed by atoms with Crippen molar-refractivity contribution in [2.45, 2.75) is 24.7 Å². The summed E-state index contributed by atoms with van der Waals surface area (Å²) in [6.07, 6.45) is 0. The number of nitrogens with zero attached hydrogens (tertiary/aromatic N) is 1. The van der Waals surface area contributed by atoms with Crippen molar-refractivity contribution in [3.05, 3.63) is 246 Å². The van der Waals surface area contributed by atoms with Crippen LogP contribution in [0.15, 0.2) is 212 Å². The minimum Gasteiger partial charge on any atom is -0.310 e. The molecule has 3 aliphatic rings. The molecule has 3 aliphatic carbocycles. The van der Waals surface area contributed by atoms with Gasteiger partial charge in [0.15, 0.2) is 0 Å². The Balaban J connectivity index is 1.02. The normalized spacial score (nSPS) is 14.2. The molecule has 1 heteroatoms. The highest BCUT2D eigenvalue weighted by molar-refractivity contribution is 6.00. The molecule has 0 saturated heterocycles. The maximum Gasteiger partial charge on any atom is 0.0725 e. The van der Waals surface area contributed by atoms with E-state index in [2.05, 4.69) is 231 Å². The predicted molar refractivity (Wildman–Crippen MR) is 246 cm³/mol. The Labute approximate surface area is 346 Å². The molecule has 0 atom stereocenters. The summed E-state index contributed by atoms with van der Waals surface area (Å²) >= 11 is 0. The summed E-state index contributed by atoms with van der Waals surface area (Å²) in [5.41, 5.74) is 24.0. The summed E-state index contributed by atoms with van der Waals surface area (Å²) in [5, 5.41) is 0. The second-order valence-corrected chi connectivity index (χ2v) is 16.8. The Morgan fingerprint density at radius 2 is 0.763 bits per heavy atom. The Kier molecular flexibility index (Phi) is 7.26. The zero-order valence-electron chi connectivity index (χ0n) is 33.2. The molecule has 9 aromatic carbocycles. The van der Waals surface area contributed by atoms with Crippen LogP contribution in [0.5, 0.6) is 0 Å². The van der Waals surface area contributed by atoms with Crippen LogP contribution >= 0.6 is 0 Å². The zero-order valence-corrected chi connectivity index (χ0v) is 33.2. The van der Waals surface area contributed by atoms with Crippen LogP contribution in [0.3, 0.4) is 0 Å². The molecule has 0 unspecified atom stereocenters. The largest absolute Gasteiger partial charge is 0.310 e. The van der Waals surface area contributed by atoms with E-state index in [0.717, 1.165) is 17.1 Å². The number of hydrogen-bond acceptors (Lipinski definition) is 1. The SMILES string of the molecule is CC1(C)c2ccccc2-c2ccc(N(c3ccc(-c4cccc5c4-c4ccccc4C54c5ccccc5-c5ccccc54)cc3)c3cccc(-c4ccccc4)c3)cc21. The highest BCUT2D eigenvalue weighted by Crippen LogP contribution is 2.64. The minimum absolute atomic E-state index is 0.106. The Bertz CT molecular complexity index is 3090. The first kappa shape index (κ1) is 33.9. The molecule has 0 aromatic heterocycles. The van der Waals surface area contributed by atoms with Gasteiger partial charge in [-0.2, -0.15) is 0 Å². The van der Waals surface area contributed by atoms with E-state index in [1.54, 1.807) is 0 Å². The molecule has 1 nitrogen and oxygen atoms in total. The molecule has 0 fully saturated rings. The molecule has 0 saturated carbocycles. The molecular formula is C58H41N. The van der Waals surface area contributed by atoms with E-state index in [4.69, 9.17) is 0 Å². The molecule has 0 N–H and O–H groups in total. The summed E-state index contributed by atoms with van der Waals surface area (Å²) < 4.78 is 0. The monoisotopic (exact) mass is 751 g/mol. The van der Waals surface area contributed by atoms with Crippen molar-refractivity contribution in [3.8, 4) is 55.6 Å². The van der Waals surface area contributed by atoms with Crippen LogP contribution in [0.25, 0.3) is 55.6 Å². The van der Waals surface area contributed by atoms with Crippen LogP contribution in [0.4, 0.5) is 17.1 Å². The van der Waals surface area contributed by atoms with E-state index in [-0.39, 0.29) is 10.8 Å². The average molecular weight is 752 g/mol. The first-order valence-corrected chi connectivity index (χ1v) is 20.8. The minimum atomic E-state index is -0.364. The third kappa shape index (κ3) is 4.73. The fraction of sp³-hybridized carbons (Fsp3) is 0.0690. The van der Waals surface area contributed by atoms with Crippen LogP contribution in [-0.4, -0.2) is 0 Å². The van der Waals surface area contributed by atoms with Gasteiger partial charge in [-0.3, -0.25) is 0 Å². The van der Waals surface area contributed by atoms with Gasteiger partial charge in [0, 0.05) is 22.5 Å². The first-order chi connectivity index (χ1) is 29.0. The first-order valence-electron chi connectivity index (χ1n) is 20.8. The third-order valence-corrected chi connectivity index (χ3v) is 13.5. The fourth-order valence-corrected chi connectivity index (χ4v) is 10.9. The highest BCUT2D eigenvalue weighted by Gasteiger charge is 2.52. The van der Waals surface area contributed by atoms with Crippen LogP contribution in [-0.2, 0) is 10.8 Å². The number of anilines is 3. The van der Waals surface area contributed by atoms with Gasteiger partial charge in [0.05, 0.1) is 5.41 Å². The quantitative estimate of drug-likeness (QED) is 0.169. The van der Waals surface area contributed by atoms with E-state index in [1.807, 2.05) is 0 Å². The fourth-order valence-electron chi connectivity index (χ4n) is 10.9. The van der Waals surface area contributed by atoms with Crippen molar-refractivity contribution < 1.29 is 0 Å². The van der Waals surface area contributed by atoms with Gasteiger partial charge < -0.3 is 4.90 Å². The van der Waals surface area contributed by atoms with Crippen molar-refractivity contribution in [3.63, 3.8) is 0 Å². The average Bonchev–Trinajstić information content (AvgIpc) is 3.86. The van der Waals surface area contributed by atoms with Crippen molar-refractivity contribution in [2.75, 3.05) is 4.90 Å². The zero-order chi connectivity index (χ0) is 39.3. The lowest BCUT2D eigenvalue weighted by molar-refractivity contribution is 0.660. The molecule has 0 amide bonds. The Morgan fingerprint density at radius 1 is 0.288 bits per heavy atom. The maximum absolute atomic E-state index is 2.43. The van der Waals surface area contributed by atoms with E-state index in [9.17, 15) is 0 Å². The molecule has 9 aromatic rings. The van der Waals surface area contributed by atoms with Crippen LogP contribution in [0, 0.1) is 0 Å². The van der Waals surface area contributed by atoms with Gasteiger partial charge in [-0.25, -0.2) is 0 Å². The van der Waals surface area contributed by atoms with Crippen LogP contribution in [0.1, 0.15) is 47.2 Å². The van der Waals surface area contributed by atoms with E-state index < -0.39 is 0 Å².